The van der Waals surface area contributed by atoms with Gasteiger partial charge in [-0.05, 0) is 32.0 Å². The summed E-state index contributed by atoms with van der Waals surface area (Å²) in [6.07, 6.45) is 1.13. The zero-order valence-corrected chi connectivity index (χ0v) is 11.6. The van der Waals surface area contributed by atoms with Gasteiger partial charge in [0.2, 0.25) is 0 Å². The molecular formula is C14H18ClN3. The molecule has 4 heteroatoms. The molecule has 0 amide bonds. The first kappa shape index (κ1) is 12.0. The fraction of sp³-hybridized carbons (Fsp3) is 0.500. The van der Waals surface area contributed by atoms with Crippen LogP contribution in [0.2, 0.25) is 5.02 Å². The van der Waals surface area contributed by atoms with E-state index in [9.17, 15) is 0 Å². The number of hydrogen-bond acceptors (Lipinski definition) is 2. The monoisotopic (exact) mass is 263 g/mol. The highest BCUT2D eigenvalue weighted by atomic mass is 35.5. The van der Waals surface area contributed by atoms with Gasteiger partial charge in [0.1, 0.15) is 5.82 Å². The van der Waals surface area contributed by atoms with Gasteiger partial charge in [-0.25, -0.2) is 4.98 Å². The Balaban J connectivity index is 2.26. The molecule has 0 spiro atoms. The molecule has 2 heterocycles. The average Bonchev–Trinajstić information content (AvgIpc) is 2.94. The van der Waals surface area contributed by atoms with Crippen molar-refractivity contribution in [2.24, 2.45) is 0 Å². The van der Waals surface area contributed by atoms with Gasteiger partial charge in [-0.2, -0.15) is 0 Å². The van der Waals surface area contributed by atoms with Crippen LogP contribution in [0.5, 0.6) is 0 Å². The molecule has 1 N–H and O–H groups in total. The molecule has 0 saturated carbocycles. The Kier molecular flexibility index (Phi) is 2.83. The van der Waals surface area contributed by atoms with Crippen LogP contribution < -0.4 is 5.32 Å². The summed E-state index contributed by atoms with van der Waals surface area (Å²) in [5.41, 5.74) is 2.20. The lowest BCUT2D eigenvalue weighted by Crippen LogP contribution is -2.29. The molecule has 1 aromatic carbocycles. The highest BCUT2D eigenvalue weighted by Gasteiger charge is 2.35. The minimum absolute atomic E-state index is 0.123. The number of aromatic nitrogens is 2. The Morgan fingerprint density at radius 3 is 3.00 bits per heavy atom. The van der Waals surface area contributed by atoms with Crippen LogP contribution in [0.25, 0.3) is 11.0 Å². The summed E-state index contributed by atoms with van der Waals surface area (Å²) in [5.74, 6) is 1.16. The molecule has 1 saturated heterocycles. The number of halogens is 1. The minimum atomic E-state index is 0.123. The van der Waals surface area contributed by atoms with Crippen LogP contribution in [0.15, 0.2) is 18.2 Å². The average molecular weight is 264 g/mol. The quantitative estimate of drug-likeness (QED) is 0.903. The van der Waals surface area contributed by atoms with Gasteiger partial charge in [-0.3, -0.25) is 0 Å². The highest BCUT2D eigenvalue weighted by Crippen LogP contribution is 2.34. The van der Waals surface area contributed by atoms with Gasteiger partial charge >= 0.3 is 0 Å². The number of aryl methyl sites for hydroxylation is 1. The first-order valence-corrected chi connectivity index (χ1v) is 6.89. The summed E-state index contributed by atoms with van der Waals surface area (Å²) < 4.78 is 2.27. The molecule has 1 fully saturated rings. The normalized spacial score (nSPS) is 23.9. The van der Waals surface area contributed by atoms with Crippen LogP contribution in [0.4, 0.5) is 0 Å². The van der Waals surface area contributed by atoms with E-state index in [4.69, 9.17) is 16.6 Å². The zero-order chi connectivity index (χ0) is 12.8. The SMILES string of the molecule is CCn1c(C2(C)CCNC2)nc2cccc(Cl)c21. The second kappa shape index (κ2) is 4.25. The molecule has 96 valence electrons. The molecule has 1 aromatic heterocycles. The number of nitrogens with one attached hydrogen (secondary N) is 1. The molecular weight excluding hydrogens is 246 g/mol. The van der Waals surface area contributed by atoms with E-state index in [1.807, 2.05) is 18.2 Å². The van der Waals surface area contributed by atoms with E-state index in [2.05, 4.69) is 23.7 Å². The highest BCUT2D eigenvalue weighted by molar-refractivity contribution is 6.35. The smallest absolute Gasteiger partial charge is 0.117 e. The van der Waals surface area contributed by atoms with E-state index in [1.54, 1.807) is 0 Å². The molecule has 1 aliphatic rings. The van der Waals surface area contributed by atoms with Crippen LogP contribution in [0.3, 0.4) is 0 Å². The first-order chi connectivity index (χ1) is 8.65. The molecule has 1 aliphatic heterocycles. The van der Waals surface area contributed by atoms with Crippen LogP contribution in [-0.4, -0.2) is 22.6 Å². The number of rotatable bonds is 2. The summed E-state index contributed by atoms with van der Waals surface area (Å²) in [6, 6.07) is 5.95. The van der Waals surface area contributed by atoms with Crippen LogP contribution in [-0.2, 0) is 12.0 Å². The lowest BCUT2D eigenvalue weighted by Gasteiger charge is -2.23. The predicted octanol–water partition coefficient (Wildman–Crippen LogP) is 2.96. The number of nitrogens with zero attached hydrogens (tertiary/aromatic N) is 2. The van der Waals surface area contributed by atoms with Crippen molar-refractivity contribution >= 4 is 22.6 Å². The van der Waals surface area contributed by atoms with Gasteiger partial charge in [0.15, 0.2) is 0 Å². The van der Waals surface area contributed by atoms with Crippen molar-refractivity contribution in [2.75, 3.05) is 13.1 Å². The van der Waals surface area contributed by atoms with E-state index in [1.165, 1.54) is 0 Å². The summed E-state index contributed by atoms with van der Waals surface area (Å²) in [7, 11) is 0. The van der Waals surface area contributed by atoms with Crippen molar-refractivity contribution in [3.05, 3.63) is 29.0 Å². The van der Waals surface area contributed by atoms with Crippen LogP contribution in [0.1, 0.15) is 26.1 Å². The molecule has 2 aromatic rings. The Hall–Kier alpha value is -1.06. The standard InChI is InChI=1S/C14H18ClN3/c1-3-18-12-10(15)5-4-6-11(12)17-13(18)14(2)7-8-16-9-14/h4-6,16H,3,7-9H2,1-2H3. The summed E-state index contributed by atoms with van der Waals surface area (Å²) in [5, 5.41) is 4.23. The molecule has 1 unspecified atom stereocenters. The fourth-order valence-corrected chi connectivity index (χ4v) is 3.19. The van der Waals surface area contributed by atoms with Crippen molar-refractivity contribution in [1.29, 1.82) is 0 Å². The first-order valence-electron chi connectivity index (χ1n) is 6.51. The van der Waals surface area contributed by atoms with Gasteiger partial charge in [0.25, 0.3) is 0 Å². The number of hydrogen-bond donors (Lipinski definition) is 1. The summed E-state index contributed by atoms with van der Waals surface area (Å²) in [6.45, 7) is 7.41. The number of para-hydroxylation sites is 1. The third-order valence-electron chi connectivity index (χ3n) is 3.94. The summed E-state index contributed by atoms with van der Waals surface area (Å²) >= 11 is 6.33. The molecule has 0 bridgehead atoms. The molecule has 1 atom stereocenters. The number of imidazole rings is 1. The van der Waals surface area contributed by atoms with Crippen molar-refractivity contribution in [2.45, 2.75) is 32.2 Å². The van der Waals surface area contributed by atoms with Gasteiger partial charge < -0.3 is 9.88 Å². The Morgan fingerprint density at radius 2 is 2.33 bits per heavy atom. The van der Waals surface area contributed by atoms with Gasteiger partial charge in [0, 0.05) is 18.5 Å². The van der Waals surface area contributed by atoms with E-state index < -0.39 is 0 Å². The molecule has 3 nitrogen and oxygen atoms in total. The molecule has 0 radical (unpaired) electrons. The van der Waals surface area contributed by atoms with Crippen LogP contribution in [0, 0.1) is 0 Å². The molecule has 18 heavy (non-hydrogen) atoms. The van der Waals surface area contributed by atoms with E-state index in [0.717, 1.165) is 47.9 Å². The van der Waals surface area contributed by atoms with E-state index in [-0.39, 0.29) is 5.41 Å². The van der Waals surface area contributed by atoms with Crippen molar-refractivity contribution in [3.8, 4) is 0 Å². The second-order valence-corrected chi connectivity index (χ2v) is 5.68. The predicted molar refractivity (Wildman–Crippen MR) is 75.3 cm³/mol. The Morgan fingerprint density at radius 1 is 1.50 bits per heavy atom. The maximum Gasteiger partial charge on any atom is 0.117 e. The molecule has 0 aliphatic carbocycles. The van der Waals surface area contributed by atoms with Gasteiger partial charge in [0.05, 0.1) is 16.1 Å². The topological polar surface area (TPSA) is 29.9 Å². The number of benzene rings is 1. The van der Waals surface area contributed by atoms with Gasteiger partial charge in [-0.1, -0.05) is 24.6 Å². The third-order valence-corrected chi connectivity index (χ3v) is 4.25. The lowest BCUT2D eigenvalue weighted by molar-refractivity contribution is 0.465. The summed E-state index contributed by atoms with van der Waals surface area (Å²) in [4.78, 5) is 4.84. The van der Waals surface area contributed by atoms with Gasteiger partial charge in [-0.15, -0.1) is 0 Å². The minimum Gasteiger partial charge on any atom is -0.327 e. The maximum atomic E-state index is 6.33. The maximum absolute atomic E-state index is 6.33. The third kappa shape index (κ3) is 1.65. The van der Waals surface area contributed by atoms with Crippen molar-refractivity contribution in [3.63, 3.8) is 0 Å². The van der Waals surface area contributed by atoms with E-state index in [0.29, 0.717) is 0 Å². The largest absolute Gasteiger partial charge is 0.327 e. The van der Waals surface area contributed by atoms with Crippen molar-refractivity contribution in [1.82, 2.24) is 14.9 Å². The second-order valence-electron chi connectivity index (χ2n) is 5.27. The Labute approximate surface area is 112 Å². The van der Waals surface area contributed by atoms with Crippen LogP contribution >= 0.6 is 11.6 Å². The molecule has 3 rings (SSSR count). The van der Waals surface area contributed by atoms with Crippen molar-refractivity contribution < 1.29 is 0 Å². The number of fused-ring (bicyclic) bond motifs is 1. The Bertz CT molecular complexity index is 582. The zero-order valence-electron chi connectivity index (χ0n) is 10.8. The fourth-order valence-electron chi connectivity index (χ4n) is 2.92. The van der Waals surface area contributed by atoms with E-state index >= 15 is 0 Å². The lowest BCUT2D eigenvalue weighted by atomic mass is 9.89.